The summed E-state index contributed by atoms with van der Waals surface area (Å²) in [4.78, 5) is 13.0. The van der Waals surface area contributed by atoms with Crippen LogP contribution in [-0.2, 0) is 12.8 Å². The molecule has 1 aliphatic rings. The number of hydrogen-bond donors (Lipinski definition) is 2. The van der Waals surface area contributed by atoms with E-state index in [1.807, 2.05) is 12.1 Å². The molecule has 0 radical (unpaired) electrons. The van der Waals surface area contributed by atoms with Gasteiger partial charge < -0.3 is 10.4 Å². The van der Waals surface area contributed by atoms with Gasteiger partial charge in [0.05, 0.1) is 10.4 Å². The second-order valence-electron chi connectivity index (χ2n) is 5.01. The van der Waals surface area contributed by atoms with Crippen molar-refractivity contribution in [3.8, 4) is 11.8 Å². The van der Waals surface area contributed by atoms with Gasteiger partial charge in [0, 0.05) is 11.4 Å². The summed E-state index contributed by atoms with van der Waals surface area (Å²) in [6.45, 7) is -0.167. The number of aliphatic hydroxyl groups is 1. The fourth-order valence-corrected chi connectivity index (χ4v) is 3.33. The number of carbonyl (C=O) groups is 1. The van der Waals surface area contributed by atoms with E-state index in [1.54, 1.807) is 11.4 Å². The van der Waals surface area contributed by atoms with Gasteiger partial charge in [-0.1, -0.05) is 36.1 Å². The zero-order valence-corrected chi connectivity index (χ0v) is 12.2. The van der Waals surface area contributed by atoms with Crippen LogP contribution >= 0.6 is 11.3 Å². The van der Waals surface area contributed by atoms with Gasteiger partial charge in [-0.15, -0.1) is 11.3 Å². The lowest BCUT2D eigenvalue weighted by Gasteiger charge is -2.10. The normalized spacial score (nSPS) is 13.4. The first kappa shape index (κ1) is 13.9. The molecule has 0 unspecified atom stereocenters. The highest BCUT2D eigenvalue weighted by atomic mass is 32.1. The quantitative estimate of drug-likeness (QED) is 0.833. The minimum Gasteiger partial charge on any atom is -0.384 e. The largest absolute Gasteiger partial charge is 0.384 e. The van der Waals surface area contributed by atoms with Crippen LogP contribution in [0.25, 0.3) is 0 Å². The molecule has 0 atom stereocenters. The monoisotopic (exact) mass is 297 g/mol. The molecule has 0 saturated heterocycles. The van der Waals surface area contributed by atoms with E-state index in [1.165, 1.54) is 22.5 Å². The molecule has 3 rings (SSSR count). The average Bonchev–Trinajstić information content (AvgIpc) is 3.11. The van der Waals surface area contributed by atoms with E-state index in [4.69, 9.17) is 5.11 Å². The number of fused-ring (bicyclic) bond motifs is 1. The van der Waals surface area contributed by atoms with Crippen molar-refractivity contribution in [3.63, 3.8) is 0 Å². The Morgan fingerprint density at radius 2 is 2.05 bits per heavy atom. The van der Waals surface area contributed by atoms with Gasteiger partial charge in [0.15, 0.2) is 0 Å². The second-order valence-corrected chi connectivity index (χ2v) is 5.92. The fraction of sp³-hybridized carbons (Fsp3) is 0.235. The maximum atomic E-state index is 12.2. The Labute approximate surface area is 127 Å². The van der Waals surface area contributed by atoms with Gasteiger partial charge in [0.2, 0.25) is 0 Å². The molecule has 3 nitrogen and oxygen atoms in total. The van der Waals surface area contributed by atoms with Crippen molar-refractivity contribution >= 4 is 17.2 Å². The van der Waals surface area contributed by atoms with E-state index < -0.39 is 0 Å². The Kier molecular flexibility index (Phi) is 4.05. The first-order chi connectivity index (χ1) is 10.3. The van der Waals surface area contributed by atoms with E-state index in [0.717, 1.165) is 17.7 Å². The lowest BCUT2D eigenvalue weighted by Crippen LogP contribution is -2.35. The molecule has 0 saturated carbocycles. The van der Waals surface area contributed by atoms with Crippen molar-refractivity contribution in [2.75, 3.05) is 6.61 Å². The molecule has 0 aliphatic heterocycles. The van der Waals surface area contributed by atoms with Crippen LogP contribution in [0.15, 0.2) is 35.7 Å². The standard InChI is InChI=1S/C17H15NO2S/c19-7-3-6-16-10-14(11-21-16)17(20)18-15-8-12-4-1-2-5-13(12)9-15/h1-2,4-5,10-11,15,19H,7-9H2,(H,18,20). The van der Waals surface area contributed by atoms with Crippen molar-refractivity contribution in [2.45, 2.75) is 18.9 Å². The molecule has 0 spiro atoms. The first-order valence-corrected chi connectivity index (χ1v) is 7.70. The number of amides is 1. The summed E-state index contributed by atoms with van der Waals surface area (Å²) < 4.78 is 0. The molecule has 1 amide bonds. The molecule has 0 bridgehead atoms. The summed E-state index contributed by atoms with van der Waals surface area (Å²) in [5, 5.41) is 13.6. The van der Waals surface area contributed by atoms with Gasteiger partial charge in [-0.05, 0) is 30.0 Å². The van der Waals surface area contributed by atoms with E-state index in [-0.39, 0.29) is 18.6 Å². The third-order valence-corrected chi connectivity index (χ3v) is 4.38. The molecule has 2 N–H and O–H groups in total. The zero-order valence-electron chi connectivity index (χ0n) is 11.4. The fourth-order valence-electron chi connectivity index (χ4n) is 2.58. The maximum Gasteiger partial charge on any atom is 0.252 e. The van der Waals surface area contributed by atoms with Crippen LogP contribution in [0.1, 0.15) is 26.4 Å². The maximum absolute atomic E-state index is 12.2. The third-order valence-electron chi connectivity index (χ3n) is 3.54. The SMILES string of the molecule is O=C(NC1Cc2ccccc2C1)c1csc(C#CCO)c1. The summed E-state index contributed by atoms with van der Waals surface area (Å²) >= 11 is 1.42. The molecule has 1 aromatic heterocycles. The molecular weight excluding hydrogens is 282 g/mol. The van der Waals surface area contributed by atoms with Crippen molar-refractivity contribution in [3.05, 3.63) is 57.3 Å². The van der Waals surface area contributed by atoms with Crippen molar-refractivity contribution in [1.82, 2.24) is 5.32 Å². The lowest BCUT2D eigenvalue weighted by molar-refractivity contribution is 0.0939. The van der Waals surface area contributed by atoms with Gasteiger partial charge >= 0.3 is 0 Å². The molecule has 21 heavy (non-hydrogen) atoms. The van der Waals surface area contributed by atoms with E-state index in [2.05, 4.69) is 29.3 Å². The van der Waals surface area contributed by atoms with Crippen LogP contribution in [0, 0.1) is 11.8 Å². The van der Waals surface area contributed by atoms with Crippen molar-refractivity contribution in [1.29, 1.82) is 0 Å². The summed E-state index contributed by atoms with van der Waals surface area (Å²) in [6.07, 6.45) is 1.78. The number of benzene rings is 1. The predicted octanol–water partition coefficient (Wildman–Crippen LogP) is 1.99. The third kappa shape index (κ3) is 3.15. The number of aliphatic hydroxyl groups excluding tert-OH is 1. The second kappa shape index (κ2) is 6.13. The number of thiophene rings is 1. The summed E-state index contributed by atoms with van der Waals surface area (Å²) in [5.41, 5.74) is 3.28. The number of hydrogen-bond acceptors (Lipinski definition) is 3. The molecule has 106 valence electrons. The summed E-state index contributed by atoms with van der Waals surface area (Å²) in [7, 11) is 0. The highest BCUT2D eigenvalue weighted by Crippen LogP contribution is 2.22. The van der Waals surface area contributed by atoms with Gasteiger partial charge in [-0.25, -0.2) is 0 Å². The summed E-state index contributed by atoms with van der Waals surface area (Å²) in [6, 6.07) is 10.2. The first-order valence-electron chi connectivity index (χ1n) is 6.82. The van der Waals surface area contributed by atoms with Crippen molar-refractivity contribution in [2.24, 2.45) is 0 Å². The van der Waals surface area contributed by atoms with Crippen molar-refractivity contribution < 1.29 is 9.90 Å². The van der Waals surface area contributed by atoms with Crippen LogP contribution in [-0.4, -0.2) is 23.7 Å². The smallest absolute Gasteiger partial charge is 0.252 e. The highest BCUT2D eigenvalue weighted by Gasteiger charge is 2.23. The minimum absolute atomic E-state index is 0.0545. The average molecular weight is 297 g/mol. The molecule has 1 aliphatic carbocycles. The highest BCUT2D eigenvalue weighted by molar-refractivity contribution is 7.10. The Balaban J connectivity index is 1.64. The van der Waals surface area contributed by atoms with E-state index in [9.17, 15) is 4.79 Å². The Morgan fingerprint density at radius 3 is 2.71 bits per heavy atom. The van der Waals surface area contributed by atoms with Crippen LogP contribution in [0.3, 0.4) is 0 Å². The van der Waals surface area contributed by atoms with Crippen LogP contribution in [0.4, 0.5) is 0 Å². The topological polar surface area (TPSA) is 49.3 Å². The molecule has 1 aromatic carbocycles. The lowest BCUT2D eigenvalue weighted by atomic mass is 10.1. The van der Waals surface area contributed by atoms with Gasteiger partial charge in [-0.3, -0.25) is 4.79 Å². The number of rotatable bonds is 2. The van der Waals surface area contributed by atoms with Gasteiger partial charge in [0.25, 0.3) is 5.91 Å². The van der Waals surface area contributed by atoms with Crippen LogP contribution < -0.4 is 5.32 Å². The predicted molar refractivity (Wildman–Crippen MR) is 83.4 cm³/mol. The molecule has 1 heterocycles. The molecule has 0 fully saturated rings. The van der Waals surface area contributed by atoms with Crippen LogP contribution in [0.5, 0.6) is 0 Å². The zero-order chi connectivity index (χ0) is 14.7. The van der Waals surface area contributed by atoms with Crippen LogP contribution in [0.2, 0.25) is 0 Å². The Bertz CT molecular complexity index is 699. The number of nitrogens with one attached hydrogen (secondary N) is 1. The van der Waals surface area contributed by atoms with Gasteiger partial charge in [-0.2, -0.15) is 0 Å². The van der Waals surface area contributed by atoms with E-state index >= 15 is 0 Å². The Morgan fingerprint density at radius 1 is 1.33 bits per heavy atom. The summed E-state index contributed by atoms with van der Waals surface area (Å²) in [5.74, 6) is 5.35. The van der Waals surface area contributed by atoms with E-state index in [0.29, 0.717) is 5.56 Å². The Hall–Kier alpha value is -2.09. The molecular formula is C17H15NO2S. The van der Waals surface area contributed by atoms with Gasteiger partial charge in [0.1, 0.15) is 6.61 Å². The molecule has 2 aromatic rings. The minimum atomic E-state index is -0.167. The number of carbonyl (C=O) groups excluding carboxylic acids is 1. The molecule has 4 heteroatoms.